The molecule has 0 spiro atoms. The Bertz CT molecular complexity index is 665. The highest BCUT2D eigenvalue weighted by atomic mass is 16.5. The van der Waals surface area contributed by atoms with Crippen molar-refractivity contribution < 1.29 is 9.47 Å². The summed E-state index contributed by atoms with van der Waals surface area (Å²) < 4.78 is 11.7. The van der Waals surface area contributed by atoms with Crippen LogP contribution in [0.25, 0.3) is 0 Å². The molecule has 2 aromatic carbocycles. The third-order valence-electron chi connectivity index (χ3n) is 5.47. The fourth-order valence-corrected chi connectivity index (χ4v) is 3.86. The van der Waals surface area contributed by atoms with Gasteiger partial charge in [-0.15, -0.1) is 0 Å². The van der Waals surface area contributed by atoms with Gasteiger partial charge < -0.3 is 15.2 Å². The zero-order valence-electron chi connectivity index (χ0n) is 15.8. The third-order valence-corrected chi connectivity index (χ3v) is 5.47. The van der Waals surface area contributed by atoms with Crippen molar-refractivity contribution in [2.45, 2.75) is 44.4 Å². The standard InChI is InChI=1S/C23H31NO2/c1-25-22-13-12-20(21(16-24)14-18-8-4-2-5-9-18)15-23(22)26-17-19-10-6-3-7-11-19/h2,4-5,8-9,12-13,15,19,21H,3,6-7,10-11,14,16-17,24H2,1H3. The fourth-order valence-electron chi connectivity index (χ4n) is 3.86. The maximum absolute atomic E-state index is 6.19. The Morgan fingerprint density at radius 1 is 1.00 bits per heavy atom. The molecule has 3 rings (SSSR count). The average molecular weight is 354 g/mol. The van der Waals surface area contributed by atoms with Crippen LogP contribution >= 0.6 is 0 Å². The zero-order valence-corrected chi connectivity index (χ0v) is 15.8. The second kappa shape index (κ2) is 9.63. The quantitative estimate of drug-likeness (QED) is 0.731. The lowest BCUT2D eigenvalue weighted by atomic mass is 9.90. The molecule has 140 valence electrons. The summed E-state index contributed by atoms with van der Waals surface area (Å²) >= 11 is 0. The predicted molar refractivity (Wildman–Crippen MR) is 107 cm³/mol. The first kappa shape index (κ1) is 18.8. The number of rotatable bonds is 8. The smallest absolute Gasteiger partial charge is 0.161 e. The Morgan fingerprint density at radius 3 is 2.46 bits per heavy atom. The number of benzene rings is 2. The number of ether oxygens (including phenoxy) is 2. The van der Waals surface area contributed by atoms with Crippen LogP contribution in [0, 0.1) is 5.92 Å². The van der Waals surface area contributed by atoms with Crippen LogP contribution in [0.5, 0.6) is 11.5 Å². The van der Waals surface area contributed by atoms with E-state index in [0.29, 0.717) is 12.5 Å². The van der Waals surface area contributed by atoms with Gasteiger partial charge in [-0.3, -0.25) is 0 Å². The molecule has 0 saturated heterocycles. The van der Waals surface area contributed by atoms with E-state index in [2.05, 4.69) is 36.4 Å². The second-order valence-corrected chi connectivity index (χ2v) is 7.35. The van der Waals surface area contributed by atoms with Crippen LogP contribution in [0.4, 0.5) is 0 Å². The molecule has 1 aliphatic rings. The minimum Gasteiger partial charge on any atom is -0.493 e. The van der Waals surface area contributed by atoms with Gasteiger partial charge >= 0.3 is 0 Å². The van der Waals surface area contributed by atoms with Crippen molar-refractivity contribution in [3.8, 4) is 11.5 Å². The van der Waals surface area contributed by atoms with Gasteiger partial charge in [0.15, 0.2) is 11.5 Å². The van der Waals surface area contributed by atoms with E-state index in [1.807, 2.05) is 12.1 Å². The van der Waals surface area contributed by atoms with Crippen molar-refractivity contribution in [3.63, 3.8) is 0 Å². The first-order valence-electron chi connectivity index (χ1n) is 9.85. The topological polar surface area (TPSA) is 44.5 Å². The Hall–Kier alpha value is -2.00. The minimum absolute atomic E-state index is 0.278. The van der Waals surface area contributed by atoms with E-state index in [1.54, 1.807) is 7.11 Å². The van der Waals surface area contributed by atoms with Crippen molar-refractivity contribution in [3.05, 3.63) is 59.7 Å². The van der Waals surface area contributed by atoms with Gasteiger partial charge in [0.25, 0.3) is 0 Å². The first-order chi connectivity index (χ1) is 12.8. The van der Waals surface area contributed by atoms with Crippen molar-refractivity contribution >= 4 is 0 Å². The molecular weight excluding hydrogens is 322 g/mol. The summed E-state index contributed by atoms with van der Waals surface area (Å²) in [5, 5.41) is 0. The molecule has 1 aliphatic carbocycles. The Balaban J connectivity index is 1.72. The molecule has 3 nitrogen and oxygen atoms in total. The predicted octanol–water partition coefficient (Wildman–Crippen LogP) is 4.94. The van der Waals surface area contributed by atoms with E-state index in [4.69, 9.17) is 15.2 Å². The molecule has 0 heterocycles. The van der Waals surface area contributed by atoms with Gasteiger partial charge in [0.05, 0.1) is 13.7 Å². The van der Waals surface area contributed by atoms with Crippen LogP contribution in [0.15, 0.2) is 48.5 Å². The largest absolute Gasteiger partial charge is 0.493 e. The molecule has 1 saturated carbocycles. The van der Waals surface area contributed by atoms with Crippen molar-refractivity contribution in [2.24, 2.45) is 11.7 Å². The molecule has 1 atom stereocenters. The van der Waals surface area contributed by atoms with Gasteiger partial charge in [-0.2, -0.15) is 0 Å². The molecular formula is C23H31NO2. The molecule has 26 heavy (non-hydrogen) atoms. The highest BCUT2D eigenvalue weighted by molar-refractivity contribution is 5.44. The minimum atomic E-state index is 0.278. The Kier molecular flexibility index (Phi) is 6.96. The Labute approximate surface area is 157 Å². The SMILES string of the molecule is COc1ccc(C(CN)Cc2ccccc2)cc1OCC1CCCCC1. The fraction of sp³-hybridized carbons (Fsp3) is 0.478. The van der Waals surface area contributed by atoms with Crippen molar-refractivity contribution in [1.29, 1.82) is 0 Å². The van der Waals surface area contributed by atoms with Gasteiger partial charge in [0.2, 0.25) is 0 Å². The molecule has 1 fully saturated rings. The van der Waals surface area contributed by atoms with E-state index in [0.717, 1.165) is 24.5 Å². The zero-order chi connectivity index (χ0) is 18.2. The van der Waals surface area contributed by atoms with Crippen molar-refractivity contribution in [2.75, 3.05) is 20.3 Å². The number of nitrogens with two attached hydrogens (primary N) is 1. The van der Waals surface area contributed by atoms with Crippen LogP contribution in [-0.2, 0) is 6.42 Å². The molecule has 2 N–H and O–H groups in total. The molecule has 0 amide bonds. The van der Waals surface area contributed by atoms with Crippen LogP contribution in [0.1, 0.15) is 49.1 Å². The monoisotopic (exact) mass is 353 g/mol. The molecule has 1 unspecified atom stereocenters. The highest BCUT2D eigenvalue weighted by Gasteiger charge is 2.17. The highest BCUT2D eigenvalue weighted by Crippen LogP contribution is 2.33. The summed E-state index contributed by atoms with van der Waals surface area (Å²) in [5.74, 6) is 2.61. The van der Waals surface area contributed by atoms with Gasteiger partial charge in [-0.25, -0.2) is 0 Å². The summed E-state index contributed by atoms with van der Waals surface area (Å²) in [6.45, 7) is 1.40. The maximum Gasteiger partial charge on any atom is 0.161 e. The summed E-state index contributed by atoms with van der Waals surface area (Å²) in [6.07, 6.45) is 7.52. The summed E-state index contributed by atoms with van der Waals surface area (Å²) in [5.41, 5.74) is 8.62. The third kappa shape index (κ3) is 5.01. The van der Waals surface area contributed by atoms with Crippen LogP contribution in [0.2, 0.25) is 0 Å². The normalized spacial score (nSPS) is 16.2. The number of methoxy groups -OCH3 is 1. The average Bonchev–Trinajstić information content (AvgIpc) is 2.72. The maximum atomic E-state index is 6.19. The van der Waals surface area contributed by atoms with E-state index < -0.39 is 0 Å². The second-order valence-electron chi connectivity index (χ2n) is 7.35. The summed E-state index contributed by atoms with van der Waals surface area (Å²) in [4.78, 5) is 0. The lowest BCUT2D eigenvalue weighted by Crippen LogP contribution is -2.17. The van der Waals surface area contributed by atoms with E-state index in [-0.39, 0.29) is 5.92 Å². The van der Waals surface area contributed by atoms with Crippen molar-refractivity contribution in [1.82, 2.24) is 0 Å². The first-order valence-corrected chi connectivity index (χ1v) is 9.85. The molecule has 2 aromatic rings. The lowest BCUT2D eigenvalue weighted by molar-refractivity contribution is 0.202. The molecule has 0 aromatic heterocycles. The molecule has 0 radical (unpaired) electrons. The van der Waals surface area contributed by atoms with Crippen LogP contribution in [-0.4, -0.2) is 20.3 Å². The van der Waals surface area contributed by atoms with Gasteiger partial charge in [0, 0.05) is 5.92 Å². The van der Waals surface area contributed by atoms with E-state index in [9.17, 15) is 0 Å². The molecule has 0 aliphatic heterocycles. The van der Waals surface area contributed by atoms with Crippen LogP contribution < -0.4 is 15.2 Å². The van der Waals surface area contributed by atoms with Gasteiger partial charge in [0.1, 0.15) is 0 Å². The Morgan fingerprint density at radius 2 is 1.77 bits per heavy atom. The van der Waals surface area contributed by atoms with Gasteiger partial charge in [-0.1, -0.05) is 55.7 Å². The summed E-state index contributed by atoms with van der Waals surface area (Å²) in [7, 11) is 1.70. The summed E-state index contributed by atoms with van der Waals surface area (Å²) in [6, 6.07) is 16.8. The molecule has 3 heteroatoms. The number of hydrogen-bond acceptors (Lipinski definition) is 3. The number of hydrogen-bond donors (Lipinski definition) is 1. The van der Waals surface area contributed by atoms with Gasteiger partial charge in [-0.05, 0) is 55.0 Å². The van der Waals surface area contributed by atoms with E-state index >= 15 is 0 Å². The molecule has 0 bridgehead atoms. The lowest BCUT2D eigenvalue weighted by Gasteiger charge is -2.23. The van der Waals surface area contributed by atoms with E-state index in [1.165, 1.54) is 43.2 Å². The van der Waals surface area contributed by atoms with Crippen LogP contribution in [0.3, 0.4) is 0 Å².